The molecule has 0 bridgehead atoms. The number of imidazole rings is 1. The van der Waals surface area contributed by atoms with E-state index in [1.54, 1.807) is 14.2 Å². The lowest BCUT2D eigenvalue weighted by Gasteiger charge is -2.12. The summed E-state index contributed by atoms with van der Waals surface area (Å²) in [6.07, 6.45) is 1.66. The molecule has 3 aromatic rings. The van der Waals surface area contributed by atoms with Crippen molar-refractivity contribution in [3.05, 3.63) is 48.3 Å². The molecule has 0 aliphatic carbocycles. The van der Waals surface area contributed by atoms with E-state index in [9.17, 15) is 0 Å². The van der Waals surface area contributed by atoms with Crippen LogP contribution in [-0.4, -0.2) is 36.7 Å². The first-order valence-corrected chi connectivity index (χ1v) is 8.42. The highest BCUT2D eigenvalue weighted by atomic mass is 127. The van der Waals surface area contributed by atoms with E-state index in [1.165, 1.54) is 0 Å². The van der Waals surface area contributed by atoms with Gasteiger partial charge in [-0.2, -0.15) is 0 Å². The fourth-order valence-electron chi connectivity index (χ4n) is 2.66. The van der Waals surface area contributed by atoms with Crippen LogP contribution in [0.3, 0.4) is 0 Å². The van der Waals surface area contributed by atoms with Crippen molar-refractivity contribution < 1.29 is 9.47 Å². The Balaban J connectivity index is 0.00000261. The van der Waals surface area contributed by atoms with E-state index in [-0.39, 0.29) is 24.0 Å². The quantitative estimate of drug-likeness (QED) is 0.208. The Labute approximate surface area is 175 Å². The maximum atomic E-state index is 5.98. The highest BCUT2D eigenvalue weighted by Gasteiger charge is 2.06. The predicted molar refractivity (Wildman–Crippen MR) is 119 cm³/mol. The molecule has 1 heterocycles. The number of nitrogens with two attached hydrogens (primary N) is 1. The number of aliphatic imine (C=N–C) groups is 1. The number of fused-ring (bicyclic) bond motifs is 1. The lowest BCUT2D eigenvalue weighted by atomic mass is 10.2. The lowest BCUT2D eigenvalue weighted by Crippen LogP contribution is -2.23. The zero-order valence-corrected chi connectivity index (χ0v) is 17.7. The van der Waals surface area contributed by atoms with Crippen molar-refractivity contribution in [1.82, 2.24) is 9.97 Å². The fraction of sp³-hybridized carbons (Fsp3) is 0.263. The van der Waals surface area contributed by atoms with Gasteiger partial charge < -0.3 is 25.5 Å². The van der Waals surface area contributed by atoms with E-state index in [1.807, 2.05) is 42.5 Å². The third-order valence-electron chi connectivity index (χ3n) is 3.96. The molecule has 0 spiro atoms. The van der Waals surface area contributed by atoms with Crippen LogP contribution in [0.25, 0.3) is 11.0 Å². The maximum absolute atomic E-state index is 5.98. The van der Waals surface area contributed by atoms with Crippen molar-refractivity contribution in [2.24, 2.45) is 10.7 Å². The van der Waals surface area contributed by atoms with Gasteiger partial charge in [-0.25, -0.2) is 4.98 Å². The molecule has 7 nitrogen and oxygen atoms in total. The minimum Gasteiger partial charge on any atom is -0.497 e. The van der Waals surface area contributed by atoms with Crippen LogP contribution < -0.4 is 20.5 Å². The Morgan fingerprint density at radius 2 is 2.00 bits per heavy atom. The van der Waals surface area contributed by atoms with E-state index in [0.717, 1.165) is 29.7 Å². The predicted octanol–water partition coefficient (Wildman–Crippen LogP) is 3.56. The van der Waals surface area contributed by atoms with Gasteiger partial charge >= 0.3 is 0 Å². The van der Waals surface area contributed by atoms with Gasteiger partial charge in [0.25, 0.3) is 0 Å². The zero-order valence-electron chi connectivity index (χ0n) is 15.4. The molecule has 4 N–H and O–H groups in total. The van der Waals surface area contributed by atoms with Gasteiger partial charge in [0.1, 0.15) is 17.3 Å². The molecule has 0 saturated heterocycles. The van der Waals surface area contributed by atoms with E-state index < -0.39 is 0 Å². The molecule has 8 heteroatoms. The second kappa shape index (κ2) is 10.0. The van der Waals surface area contributed by atoms with E-state index in [0.29, 0.717) is 29.7 Å². The first kappa shape index (κ1) is 20.8. The second-order valence-corrected chi connectivity index (χ2v) is 5.76. The number of halogens is 1. The third-order valence-corrected chi connectivity index (χ3v) is 3.96. The number of guanidine groups is 1. The van der Waals surface area contributed by atoms with Crippen molar-refractivity contribution in [3.63, 3.8) is 0 Å². The monoisotopic (exact) mass is 481 g/mol. The van der Waals surface area contributed by atoms with E-state index in [2.05, 4.69) is 20.3 Å². The standard InChI is InChI=1S/C19H23N5O2.HI/c1-25-13-9-10-17(26-2)16(12-13)24-19(20)21-11-5-8-18-22-14-6-3-4-7-15(14)23-18;/h3-4,6-7,9-10,12H,5,8,11H2,1-2H3,(H,22,23)(H3,20,21,24);1H. The minimum absolute atomic E-state index is 0. The summed E-state index contributed by atoms with van der Waals surface area (Å²) in [7, 11) is 3.22. The molecule has 0 aliphatic heterocycles. The number of nitrogens with zero attached hydrogens (tertiary/aromatic N) is 2. The number of para-hydroxylation sites is 2. The van der Waals surface area contributed by atoms with E-state index >= 15 is 0 Å². The Morgan fingerprint density at radius 3 is 2.74 bits per heavy atom. The maximum Gasteiger partial charge on any atom is 0.193 e. The Morgan fingerprint density at radius 1 is 1.19 bits per heavy atom. The van der Waals surface area contributed by atoms with Gasteiger partial charge in [0.15, 0.2) is 5.96 Å². The molecule has 0 fully saturated rings. The van der Waals surface area contributed by atoms with Gasteiger partial charge in [-0.15, -0.1) is 24.0 Å². The topological polar surface area (TPSA) is 97.6 Å². The van der Waals surface area contributed by atoms with Gasteiger partial charge in [0, 0.05) is 19.0 Å². The highest BCUT2D eigenvalue weighted by Crippen LogP contribution is 2.28. The fourth-order valence-corrected chi connectivity index (χ4v) is 2.66. The molecule has 0 saturated carbocycles. The molecular weight excluding hydrogens is 457 g/mol. The number of methoxy groups -OCH3 is 2. The number of rotatable bonds is 7. The summed E-state index contributed by atoms with van der Waals surface area (Å²) < 4.78 is 10.5. The largest absolute Gasteiger partial charge is 0.497 e. The van der Waals surface area contributed by atoms with Crippen LogP contribution in [0.15, 0.2) is 47.5 Å². The molecule has 3 rings (SSSR count). The van der Waals surface area contributed by atoms with Crippen LogP contribution in [-0.2, 0) is 6.42 Å². The Bertz CT molecular complexity index is 877. The summed E-state index contributed by atoms with van der Waals surface area (Å²) in [5, 5.41) is 3.06. The van der Waals surface area contributed by atoms with Crippen molar-refractivity contribution in [1.29, 1.82) is 0 Å². The Kier molecular flexibility index (Phi) is 7.71. The number of aryl methyl sites for hydroxylation is 1. The van der Waals surface area contributed by atoms with Crippen LogP contribution in [0.1, 0.15) is 12.2 Å². The van der Waals surface area contributed by atoms with Crippen molar-refractivity contribution in [2.45, 2.75) is 12.8 Å². The average molecular weight is 481 g/mol. The van der Waals surface area contributed by atoms with Gasteiger partial charge in [0.2, 0.25) is 0 Å². The Hall–Kier alpha value is -2.49. The first-order chi connectivity index (χ1) is 12.7. The SMILES string of the molecule is COc1ccc(OC)c(NC(N)=NCCCc2nc3ccccc3[nH]2)c1.I. The molecule has 144 valence electrons. The van der Waals surface area contributed by atoms with Crippen LogP contribution in [0.4, 0.5) is 5.69 Å². The number of hydrogen-bond donors (Lipinski definition) is 3. The van der Waals surface area contributed by atoms with Gasteiger partial charge in [-0.3, -0.25) is 4.99 Å². The number of aromatic nitrogens is 2. The highest BCUT2D eigenvalue weighted by molar-refractivity contribution is 14.0. The average Bonchev–Trinajstić information content (AvgIpc) is 3.08. The molecular formula is C19H24IN5O2. The second-order valence-electron chi connectivity index (χ2n) is 5.76. The number of ether oxygens (including phenoxy) is 2. The molecule has 0 amide bonds. The van der Waals surface area contributed by atoms with Crippen LogP contribution in [0.2, 0.25) is 0 Å². The summed E-state index contributed by atoms with van der Waals surface area (Å²) in [5.41, 5.74) is 8.73. The molecule has 0 atom stereocenters. The molecule has 0 unspecified atom stereocenters. The number of benzene rings is 2. The number of nitrogens with one attached hydrogen (secondary N) is 2. The molecule has 0 radical (unpaired) electrons. The number of H-pyrrole nitrogens is 1. The van der Waals surface area contributed by atoms with Crippen molar-refractivity contribution >= 4 is 46.7 Å². The van der Waals surface area contributed by atoms with Crippen molar-refractivity contribution in [2.75, 3.05) is 26.1 Å². The molecule has 0 aliphatic rings. The van der Waals surface area contributed by atoms with E-state index in [4.69, 9.17) is 15.2 Å². The van der Waals surface area contributed by atoms with Gasteiger partial charge in [-0.05, 0) is 30.7 Å². The minimum atomic E-state index is 0. The summed E-state index contributed by atoms with van der Waals surface area (Å²) in [6, 6.07) is 13.4. The smallest absolute Gasteiger partial charge is 0.193 e. The van der Waals surface area contributed by atoms with Crippen LogP contribution >= 0.6 is 24.0 Å². The van der Waals surface area contributed by atoms with Crippen LogP contribution in [0, 0.1) is 0 Å². The third kappa shape index (κ3) is 5.49. The van der Waals surface area contributed by atoms with Crippen LogP contribution in [0.5, 0.6) is 11.5 Å². The molecule has 27 heavy (non-hydrogen) atoms. The molecule has 1 aromatic heterocycles. The summed E-state index contributed by atoms with van der Waals surface area (Å²) in [5.74, 6) is 2.68. The first-order valence-electron chi connectivity index (χ1n) is 8.42. The summed E-state index contributed by atoms with van der Waals surface area (Å²) in [6.45, 7) is 0.599. The van der Waals surface area contributed by atoms with Gasteiger partial charge in [0.05, 0.1) is 30.9 Å². The number of hydrogen-bond acceptors (Lipinski definition) is 4. The normalized spacial score (nSPS) is 11.1. The number of anilines is 1. The lowest BCUT2D eigenvalue weighted by molar-refractivity contribution is 0.405. The van der Waals surface area contributed by atoms with Gasteiger partial charge in [-0.1, -0.05) is 12.1 Å². The zero-order chi connectivity index (χ0) is 18.4. The number of aromatic amines is 1. The summed E-state index contributed by atoms with van der Waals surface area (Å²) in [4.78, 5) is 12.2. The van der Waals surface area contributed by atoms with Crippen molar-refractivity contribution in [3.8, 4) is 11.5 Å². The molecule has 2 aromatic carbocycles. The summed E-state index contributed by atoms with van der Waals surface area (Å²) >= 11 is 0.